The summed E-state index contributed by atoms with van der Waals surface area (Å²) in [7, 11) is 0. The Morgan fingerprint density at radius 2 is 0.385 bits per heavy atom. The molecule has 0 fully saturated rings. The van der Waals surface area contributed by atoms with Gasteiger partial charge in [0.05, 0.1) is 66.2 Å². The molecule has 148 heavy (non-hydrogen) atoms. The lowest BCUT2D eigenvalue weighted by atomic mass is 10.0. The predicted octanol–water partition coefficient (Wildman–Crippen LogP) is 30.7. The lowest BCUT2D eigenvalue weighted by Gasteiger charge is -2.13. The molecule has 0 aliphatic rings. The average molecular weight is 1880 g/mol. The molecular weight excluding hydrogens is 1800 g/mol. The van der Waals surface area contributed by atoms with Crippen LogP contribution in [0.4, 0.5) is 0 Å². The molecule has 0 saturated heterocycles. The average Bonchev–Trinajstić information content (AvgIpc) is 1.54. The highest BCUT2D eigenvalue weighted by Crippen LogP contribution is 2.45. The highest BCUT2D eigenvalue weighted by atomic mass is 15.2. The Hall–Kier alpha value is -21.6. The van der Waals surface area contributed by atoms with Gasteiger partial charge in [0.25, 0.3) is 0 Å². The Balaban J connectivity index is 0.000000111. The zero-order valence-corrected chi connectivity index (χ0v) is 80.3. The number of fused-ring (bicyclic) bond motifs is 20. The third-order valence-corrected chi connectivity index (χ3v) is 26.2. The van der Waals surface area contributed by atoms with E-state index < -0.39 is 0 Å². The van der Waals surface area contributed by atoms with Gasteiger partial charge >= 0.3 is 0 Å². The molecule has 0 amide bonds. The molecule has 7 heterocycles. The summed E-state index contributed by atoms with van der Waals surface area (Å²) in [5.74, 6) is 57.5. The van der Waals surface area contributed by atoms with E-state index in [2.05, 4.69) is 552 Å². The van der Waals surface area contributed by atoms with E-state index in [0.29, 0.717) is 17.6 Å². The molecule has 0 aliphatic heterocycles. The van der Waals surface area contributed by atoms with Gasteiger partial charge in [0.2, 0.25) is 5.95 Å². The minimum absolute atomic E-state index is 0.585. The fraction of sp³-hybridized carbons (Fsp3) is 0.0144. The van der Waals surface area contributed by atoms with Gasteiger partial charge in [-0.1, -0.05) is 321 Å². The van der Waals surface area contributed by atoms with Crippen molar-refractivity contribution < 1.29 is 0 Å². The molecule has 0 spiro atoms. The van der Waals surface area contributed by atoms with Crippen LogP contribution in [0.15, 0.2) is 455 Å². The van der Waals surface area contributed by atoms with Gasteiger partial charge in [0.1, 0.15) is 0 Å². The number of hydrogen-bond acceptors (Lipinski definition) is 3. The molecule has 0 unspecified atom stereocenters. The summed E-state index contributed by atoms with van der Waals surface area (Å²) in [5, 5.41) is 17.4. The smallest absolute Gasteiger partial charge is 0.238 e. The SMILES string of the molecule is CC#CC#CC#CC#CC#CC#CC#CC#CC#CC#CC#CC.c1ccc(-c2nc(-c3ccccc3)nc(-n3c4ccccc4c4ccc5c6ccccc6n(-c6ccccc6)c5c43)n2)cc1.c1ccc(-n2c3ccccc3c3cc(-c4ccc5c(c4)c4ccccc4n5-c4ccc5ccccc5c4)ccc32)cc1.c1ccc(-n2c3ccccc3c3cc(-c4ccc5c(c4)c4ccccc4n5-c4ccccc4)ccc32)cc1. The van der Waals surface area contributed by atoms with Gasteiger partial charge < -0.3 is 22.8 Å². The van der Waals surface area contributed by atoms with E-state index >= 15 is 0 Å². The summed E-state index contributed by atoms with van der Waals surface area (Å²) in [5.41, 5.74) is 26.8. The second kappa shape index (κ2) is 41.4. The summed E-state index contributed by atoms with van der Waals surface area (Å²) in [6, 6.07) is 162. The van der Waals surface area contributed by atoms with Gasteiger partial charge in [-0.2, -0.15) is 9.97 Å². The highest BCUT2D eigenvalue weighted by Gasteiger charge is 2.26. The number of rotatable bonds is 10. The number of hydrogen-bond donors (Lipinski definition) is 0. The van der Waals surface area contributed by atoms with E-state index in [1.54, 1.807) is 13.8 Å². The van der Waals surface area contributed by atoms with Crippen molar-refractivity contribution in [2.75, 3.05) is 0 Å². The number of aromatic nitrogens is 9. The van der Waals surface area contributed by atoms with E-state index in [1.807, 2.05) is 60.7 Å². The zero-order valence-electron chi connectivity index (χ0n) is 80.3. The summed E-state index contributed by atoms with van der Waals surface area (Å²) in [4.78, 5) is 15.3. The molecule has 0 bridgehead atoms. The van der Waals surface area contributed by atoms with E-state index in [1.165, 1.54) is 154 Å². The van der Waals surface area contributed by atoms with Crippen molar-refractivity contribution in [1.82, 2.24) is 42.4 Å². The van der Waals surface area contributed by atoms with Crippen molar-refractivity contribution in [3.63, 3.8) is 0 Å². The molecule has 682 valence electrons. The van der Waals surface area contributed by atoms with Crippen molar-refractivity contribution >= 4 is 142 Å². The van der Waals surface area contributed by atoms with E-state index in [4.69, 9.17) is 15.0 Å². The molecule has 9 nitrogen and oxygen atoms in total. The van der Waals surface area contributed by atoms with Crippen LogP contribution in [-0.2, 0) is 0 Å². The number of nitrogens with zero attached hydrogens (tertiary/aromatic N) is 9. The second-order valence-electron chi connectivity index (χ2n) is 34.8. The van der Waals surface area contributed by atoms with Gasteiger partial charge in [-0.25, -0.2) is 4.98 Å². The first-order valence-electron chi connectivity index (χ1n) is 48.5. The zero-order chi connectivity index (χ0) is 99.3. The molecule has 7 aromatic heterocycles. The molecule has 0 N–H and O–H groups in total. The monoisotopic (exact) mass is 1880 g/mol. The Bertz CT molecular complexity index is 10300. The van der Waals surface area contributed by atoms with Crippen LogP contribution < -0.4 is 0 Å². The quantitative estimate of drug-likeness (QED) is 0.128. The molecule has 0 saturated carbocycles. The van der Waals surface area contributed by atoms with E-state index in [-0.39, 0.29) is 0 Å². The molecular formula is C139H81N9. The van der Waals surface area contributed by atoms with Crippen molar-refractivity contribution in [1.29, 1.82) is 0 Å². The first kappa shape index (κ1) is 90.3. The maximum Gasteiger partial charge on any atom is 0.238 e. The van der Waals surface area contributed by atoms with Crippen LogP contribution in [0.25, 0.3) is 221 Å². The normalized spacial score (nSPS) is 10.4. The van der Waals surface area contributed by atoms with Crippen LogP contribution in [0, 0.1) is 130 Å². The maximum absolute atomic E-state index is 5.17. The molecule has 0 atom stereocenters. The fourth-order valence-electron chi connectivity index (χ4n) is 19.9. The molecule has 26 aromatic rings. The molecule has 0 aliphatic carbocycles. The van der Waals surface area contributed by atoms with E-state index in [0.717, 1.165) is 49.7 Å². The van der Waals surface area contributed by atoms with Crippen LogP contribution in [0.5, 0.6) is 0 Å². The topological polar surface area (TPSA) is 68.2 Å². The van der Waals surface area contributed by atoms with Crippen LogP contribution in [0.3, 0.4) is 0 Å². The maximum atomic E-state index is 5.17. The highest BCUT2D eigenvalue weighted by molar-refractivity contribution is 6.24. The lowest BCUT2D eigenvalue weighted by molar-refractivity contribution is 0.953. The minimum atomic E-state index is 0.585. The summed E-state index contributed by atoms with van der Waals surface area (Å²) < 4.78 is 14.1. The number of para-hydroxylation sites is 10. The molecule has 9 heteroatoms. The predicted molar refractivity (Wildman–Crippen MR) is 615 cm³/mol. The van der Waals surface area contributed by atoms with E-state index in [9.17, 15) is 0 Å². The molecule has 19 aromatic carbocycles. The Kier molecular flexibility index (Phi) is 25.3. The standard InChI is InChI=1S/C40H26N2.C39H25N5.C36H24N2.C24H6/c1-2-12-31(13-3-1)41-37-16-8-6-14-33(37)35-25-29(19-22-39(35)41)30-20-23-40-36(26-30)34-15-7-9-17-38(34)42(40)32-21-18-27-10-4-5-11-28(27)24-32;1-4-14-26(15-5-1)37-40-38(27-16-6-2-7-17-27)42-39(41-37)44-34-23-13-11-21-30(34)32-25-24-31-29-20-10-12-22-33(29)43(35(31)36(32)44)28-18-8-3-9-19-28;1-3-11-27(12-4-1)37-33-17-9-7-15-29(33)31-23-25(19-21-35(31)37)26-20-22-36-32(24-26)30-16-8-10-18-34(30)38(36)28-13-5-2-6-14-28;1-3-5-7-9-11-13-15-17-19-21-23-24-22-20-18-16-14-12-10-8-6-4-2/h1-26H;1-25H;1-24H;1-2H3. The van der Waals surface area contributed by atoms with Crippen molar-refractivity contribution in [3.05, 3.63) is 455 Å². The third kappa shape index (κ3) is 17.8. The van der Waals surface area contributed by atoms with Crippen molar-refractivity contribution in [2.45, 2.75) is 13.8 Å². The summed E-state index contributed by atoms with van der Waals surface area (Å²) in [6.07, 6.45) is 0. The summed E-state index contributed by atoms with van der Waals surface area (Å²) >= 11 is 0. The van der Waals surface area contributed by atoms with Crippen LogP contribution >= 0.6 is 0 Å². The van der Waals surface area contributed by atoms with Gasteiger partial charge in [-0.3, -0.25) is 4.57 Å². The van der Waals surface area contributed by atoms with Crippen molar-refractivity contribution in [3.8, 4) is 210 Å². The first-order valence-corrected chi connectivity index (χ1v) is 48.5. The minimum Gasteiger partial charge on any atom is -0.309 e. The lowest BCUT2D eigenvalue weighted by Crippen LogP contribution is -2.07. The van der Waals surface area contributed by atoms with Gasteiger partial charge in [0, 0.05) is 128 Å². The molecule has 26 rings (SSSR count). The van der Waals surface area contributed by atoms with Crippen LogP contribution in [0.1, 0.15) is 13.8 Å². The van der Waals surface area contributed by atoms with Crippen LogP contribution in [0.2, 0.25) is 0 Å². The van der Waals surface area contributed by atoms with Crippen molar-refractivity contribution in [2.24, 2.45) is 0 Å². The second-order valence-corrected chi connectivity index (χ2v) is 34.8. The Labute approximate surface area is 856 Å². The number of benzene rings is 19. The van der Waals surface area contributed by atoms with Gasteiger partial charge in [0.15, 0.2) is 11.6 Å². The Morgan fingerprint density at radius 1 is 0.149 bits per heavy atom. The molecule has 0 radical (unpaired) electrons. The van der Waals surface area contributed by atoms with Crippen LogP contribution in [-0.4, -0.2) is 42.4 Å². The Morgan fingerprint density at radius 3 is 0.703 bits per heavy atom. The summed E-state index contributed by atoms with van der Waals surface area (Å²) in [6.45, 7) is 3.40. The van der Waals surface area contributed by atoms with Gasteiger partial charge in [-0.15, -0.1) is 0 Å². The third-order valence-electron chi connectivity index (χ3n) is 26.2. The first-order chi connectivity index (χ1) is 73.5. The largest absolute Gasteiger partial charge is 0.309 e. The fourth-order valence-corrected chi connectivity index (χ4v) is 19.9. The van der Waals surface area contributed by atoms with Gasteiger partial charge in [-0.05, 0) is 287 Å².